The van der Waals surface area contributed by atoms with Gasteiger partial charge in [0.15, 0.2) is 0 Å². The summed E-state index contributed by atoms with van der Waals surface area (Å²) in [7, 11) is -1.11. The molecule has 1 unspecified atom stereocenters. The molecule has 0 spiro atoms. The maximum Gasteiger partial charge on any atom is 0.137 e. The number of halogens is 1. The number of nitrogens with one attached hydrogen (secondary N) is 2. The van der Waals surface area contributed by atoms with Crippen LogP contribution in [0.25, 0.3) is 10.9 Å². The third kappa shape index (κ3) is 4.98. The molecular formula is C19H21BrN4O3S. The molecule has 28 heavy (non-hydrogen) atoms. The van der Waals surface area contributed by atoms with Crippen LogP contribution in [0.5, 0.6) is 5.75 Å². The summed E-state index contributed by atoms with van der Waals surface area (Å²) in [5.41, 5.74) is 1.60. The van der Waals surface area contributed by atoms with E-state index in [9.17, 15) is 4.21 Å². The highest BCUT2D eigenvalue weighted by atomic mass is 79.9. The van der Waals surface area contributed by atoms with E-state index in [2.05, 4.69) is 31.2 Å². The quantitative estimate of drug-likeness (QED) is 0.487. The average Bonchev–Trinajstić information content (AvgIpc) is 2.66. The lowest BCUT2D eigenvalue weighted by molar-refractivity contribution is 0.210. The van der Waals surface area contributed by atoms with Crippen LogP contribution in [-0.2, 0) is 21.1 Å². The van der Waals surface area contributed by atoms with Gasteiger partial charge in [0.2, 0.25) is 0 Å². The highest BCUT2D eigenvalue weighted by Gasteiger charge is 2.10. The summed E-state index contributed by atoms with van der Waals surface area (Å²) in [5, 5.41) is 4.11. The van der Waals surface area contributed by atoms with E-state index in [1.807, 2.05) is 18.2 Å². The van der Waals surface area contributed by atoms with Gasteiger partial charge < -0.3 is 14.8 Å². The molecule has 3 rings (SSSR count). The van der Waals surface area contributed by atoms with Crippen LogP contribution in [0, 0.1) is 4.78 Å². The first-order valence-electron chi connectivity index (χ1n) is 8.51. The summed E-state index contributed by atoms with van der Waals surface area (Å²) < 4.78 is 31.4. The second kappa shape index (κ2) is 8.85. The Balaban J connectivity index is 1.81. The van der Waals surface area contributed by atoms with Gasteiger partial charge in [0, 0.05) is 36.3 Å². The maximum atomic E-state index is 11.9. The van der Waals surface area contributed by atoms with Gasteiger partial charge in [0.05, 0.1) is 26.3 Å². The predicted molar refractivity (Wildman–Crippen MR) is 113 cm³/mol. The molecule has 0 bridgehead atoms. The van der Waals surface area contributed by atoms with Crippen molar-refractivity contribution >= 4 is 42.4 Å². The van der Waals surface area contributed by atoms with Crippen molar-refractivity contribution in [1.82, 2.24) is 9.97 Å². The lowest BCUT2D eigenvalue weighted by Gasteiger charge is -2.12. The Morgan fingerprint density at radius 3 is 2.82 bits per heavy atom. The Labute approximate surface area is 172 Å². The van der Waals surface area contributed by atoms with E-state index >= 15 is 0 Å². The van der Waals surface area contributed by atoms with Gasteiger partial charge in [-0.05, 0) is 39.7 Å². The van der Waals surface area contributed by atoms with Crippen molar-refractivity contribution < 1.29 is 13.7 Å². The number of anilines is 1. The SMILES string of the molecule is COCCNc1ncnc2cc(OCc3cccc(S(C)(=N)=O)c3)c(Br)cc12. The van der Waals surface area contributed by atoms with Gasteiger partial charge in [0.1, 0.15) is 24.5 Å². The first-order chi connectivity index (χ1) is 13.4. The van der Waals surface area contributed by atoms with Crippen LogP contribution in [0.3, 0.4) is 0 Å². The monoisotopic (exact) mass is 464 g/mol. The largest absolute Gasteiger partial charge is 0.488 e. The van der Waals surface area contributed by atoms with E-state index in [0.717, 1.165) is 26.8 Å². The summed E-state index contributed by atoms with van der Waals surface area (Å²) in [6, 6.07) is 10.9. The highest BCUT2D eigenvalue weighted by Crippen LogP contribution is 2.32. The number of hydrogen-bond acceptors (Lipinski definition) is 7. The summed E-state index contributed by atoms with van der Waals surface area (Å²) in [5.74, 6) is 1.37. The molecule has 0 aliphatic carbocycles. The minimum Gasteiger partial charge on any atom is -0.488 e. The van der Waals surface area contributed by atoms with Crippen molar-refractivity contribution in [3.05, 3.63) is 52.8 Å². The molecule has 0 radical (unpaired) electrons. The van der Waals surface area contributed by atoms with Crippen molar-refractivity contribution in [2.24, 2.45) is 0 Å². The summed E-state index contributed by atoms with van der Waals surface area (Å²) in [6.45, 7) is 1.51. The predicted octanol–water partition coefficient (Wildman–Crippen LogP) is 4.07. The molecule has 1 atom stereocenters. The molecule has 0 fully saturated rings. The fraction of sp³-hybridized carbons (Fsp3) is 0.263. The smallest absolute Gasteiger partial charge is 0.137 e. The second-order valence-corrected chi connectivity index (χ2v) is 9.23. The van der Waals surface area contributed by atoms with Crippen LogP contribution in [0.15, 0.2) is 52.1 Å². The Bertz CT molecular complexity index is 1090. The molecular weight excluding hydrogens is 444 g/mol. The minimum atomic E-state index is -2.76. The van der Waals surface area contributed by atoms with Gasteiger partial charge in [-0.25, -0.2) is 19.0 Å². The highest BCUT2D eigenvalue weighted by molar-refractivity contribution is 9.10. The molecule has 1 aromatic heterocycles. The topological polar surface area (TPSA) is 97.2 Å². The zero-order valence-corrected chi connectivity index (χ0v) is 18.0. The van der Waals surface area contributed by atoms with E-state index in [-0.39, 0.29) is 6.61 Å². The lowest BCUT2D eigenvalue weighted by atomic mass is 10.2. The number of benzene rings is 2. The van der Waals surface area contributed by atoms with Crippen molar-refractivity contribution in [3.8, 4) is 5.75 Å². The summed E-state index contributed by atoms with van der Waals surface area (Å²) in [6.07, 6.45) is 2.91. The van der Waals surface area contributed by atoms with Crippen molar-refractivity contribution in [2.45, 2.75) is 11.5 Å². The molecule has 2 N–H and O–H groups in total. The van der Waals surface area contributed by atoms with E-state index in [0.29, 0.717) is 23.8 Å². The van der Waals surface area contributed by atoms with Gasteiger partial charge in [-0.2, -0.15) is 0 Å². The van der Waals surface area contributed by atoms with Crippen molar-refractivity contribution in [2.75, 3.05) is 31.8 Å². The maximum absolute atomic E-state index is 11.9. The number of methoxy groups -OCH3 is 1. The number of aromatic nitrogens is 2. The molecule has 148 valence electrons. The van der Waals surface area contributed by atoms with E-state index in [1.54, 1.807) is 25.3 Å². The van der Waals surface area contributed by atoms with Crippen molar-refractivity contribution in [1.29, 1.82) is 4.78 Å². The van der Waals surface area contributed by atoms with Crippen molar-refractivity contribution in [3.63, 3.8) is 0 Å². The molecule has 1 heterocycles. The Morgan fingerprint density at radius 1 is 1.25 bits per heavy atom. The molecule has 7 nitrogen and oxygen atoms in total. The summed E-state index contributed by atoms with van der Waals surface area (Å²) in [4.78, 5) is 9.11. The van der Waals surface area contributed by atoms with Crippen LogP contribution in [-0.4, -0.2) is 40.7 Å². The zero-order chi connectivity index (χ0) is 20.1. The number of hydrogen-bond donors (Lipinski definition) is 2. The third-order valence-electron chi connectivity index (χ3n) is 4.03. The van der Waals surface area contributed by atoms with Gasteiger partial charge in [-0.15, -0.1) is 0 Å². The van der Waals surface area contributed by atoms with Crippen LogP contribution < -0.4 is 10.1 Å². The molecule has 0 aliphatic rings. The lowest BCUT2D eigenvalue weighted by Crippen LogP contribution is -2.09. The Morgan fingerprint density at radius 2 is 2.07 bits per heavy atom. The zero-order valence-electron chi connectivity index (χ0n) is 15.6. The van der Waals surface area contributed by atoms with Crippen LogP contribution in [0.4, 0.5) is 5.82 Å². The molecule has 2 aromatic carbocycles. The molecule has 0 saturated carbocycles. The average molecular weight is 465 g/mol. The van der Waals surface area contributed by atoms with E-state index in [4.69, 9.17) is 14.3 Å². The minimum absolute atomic E-state index is 0.289. The van der Waals surface area contributed by atoms with Gasteiger partial charge in [-0.1, -0.05) is 12.1 Å². The summed E-state index contributed by atoms with van der Waals surface area (Å²) >= 11 is 3.54. The van der Waals surface area contributed by atoms with Crippen LogP contribution in [0.2, 0.25) is 0 Å². The van der Waals surface area contributed by atoms with Gasteiger partial charge >= 0.3 is 0 Å². The number of ether oxygens (including phenoxy) is 2. The van der Waals surface area contributed by atoms with Crippen LogP contribution >= 0.6 is 15.9 Å². The normalized spacial score (nSPS) is 13.2. The number of rotatable bonds is 8. The molecule has 0 amide bonds. The molecule has 0 aliphatic heterocycles. The van der Waals surface area contributed by atoms with Crippen LogP contribution in [0.1, 0.15) is 5.56 Å². The van der Waals surface area contributed by atoms with E-state index < -0.39 is 9.73 Å². The molecule has 0 saturated heterocycles. The Hall–Kier alpha value is -2.23. The Kier molecular flexibility index (Phi) is 6.48. The van der Waals surface area contributed by atoms with E-state index in [1.165, 1.54) is 12.6 Å². The fourth-order valence-electron chi connectivity index (χ4n) is 2.62. The second-order valence-electron chi connectivity index (χ2n) is 6.22. The first-order valence-corrected chi connectivity index (χ1v) is 11.3. The number of fused-ring (bicyclic) bond motifs is 1. The molecule has 3 aromatic rings. The fourth-order valence-corrected chi connectivity index (χ4v) is 3.79. The standard InChI is InChI=1S/C19H21BrN4O3S/c1-26-7-6-22-19-15-9-16(20)18(10-17(15)23-12-24-19)27-11-13-4-3-5-14(8-13)28(2,21)25/h3-5,8-10,12,21H,6-7,11H2,1-2H3,(H,22,23,24). The van der Waals surface area contributed by atoms with Gasteiger partial charge in [0.25, 0.3) is 0 Å². The molecule has 9 heteroatoms. The van der Waals surface area contributed by atoms with Gasteiger partial charge in [-0.3, -0.25) is 0 Å². The number of nitrogens with zero attached hydrogens (tertiary/aromatic N) is 2. The first kappa shape index (κ1) is 20.5. The third-order valence-corrected chi connectivity index (χ3v) is 5.80.